The van der Waals surface area contributed by atoms with Gasteiger partial charge in [-0.25, -0.2) is 13.8 Å². The number of rotatable bonds is 5. The van der Waals surface area contributed by atoms with Crippen LogP contribution in [0.3, 0.4) is 0 Å². The first-order chi connectivity index (χ1) is 14.5. The van der Waals surface area contributed by atoms with E-state index in [9.17, 15) is 18.8 Å². The predicted molar refractivity (Wildman–Crippen MR) is 109 cm³/mol. The molecule has 0 atom stereocenters. The molecule has 0 radical (unpaired) electrons. The average Bonchev–Trinajstić information content (AvgIpc) is 3.24. The second kappa shape index (κ2) is 8.00. The van der Waals surface area contributed by atoms with Crippen LogP contribution in [0.1, 0.15) is 5.76 Å². The maximum absolute atomic E-state index is 14.4. The molecule has 0 saturated carbocycles. The van der Waals surface area contributed by atoms with Crippen molar-refractivity contribution in [1.29, 1.82) is 0 Å². The molecule has 4 aromatic rings. The van der Waals surface area contributed by atoms with E-state index in [-0.39, 0.29) is 28.2 Å². The van der Waals surface area contributed by atoms with E-state index in [2.05, 4.69) is 5.32 Å². The van der Waals surface area contributed by atoms with Crippen molar-refractivity contribution in [3.05, 3.63) is 98.3 Å². The number of carbonyl (C=O) groups excluding carboxylic acids is 1. The zero-order chi connectivity index (χ0) is 21.3. The lowest BCUT2D eigenvalue weighted by Crippen LogP contribution is -2.42. The summed E-state index contributed by atoms with van der Waals surface area (Å²) in [6, 6.07) is 13.2. The van der Waals surface area contributed by atoms with Gasteiger partial charge in [-0.2, -0.15) is 0 Å². The van der Waals surface area contributed by atoms with Crippen LogP contribution < -0.4 is 16.6 Å². The van der Waals surface area contributed by atoms with Crippen molar-refractivity contribution in [2.75, 3.05) is 0 Å². The molecule has 2 aromatic carbocycles. The van der Waals surface area contributed by atoms with Crippen LogP contribution in [-0.4, -0.2) is 15.0 Å². The molecule has 0 fully saturated rings. The van der Waals surface area contributed by atoms with Gasteiger partial charge in [0.25, 0.3) is 5.56 Å². The quantitative estimate of drug-likeness (QED) is 0.530. The van der Waals surface area contributed by atoms with Crippen LogP contribution in [0.5, 0.6) is 0 Å². The molecule has 0 unspecified atom stereocenters. The highest BCUT2D eigenvalue weighted by Gasteiger charge is 2.18. The lowest BCUT2D eigenvalue weighted by atomic mass is 10.2. The average molecular weight is 428 g/mol. The molecule has 0 spiro atoms. The molecular weight excluding hydrogens is 413 g/mol. The number of fused-ring (bicyclic) bond motifs is 1. The minimum Gasteiger partial charge on any atom is -0.467 e. The van der Waals surface area contributed by atoms with Crippen LogP contribution in [0.25, 0.3) is 16.6 Å². The van der Waals surface area contributed by atoms with E-state index in [1.807, 2.05) is 0 Å². The van der Waals surface area contributed by atoms with Gasteiger partial charge in [0.1, 0.15) is 18.1 Å². The molecule has 4 rings (SSSR count). The zero-order valence-electron chi connectivity index (χ0n) is 15.5. The summed E-state index contributed by atoms with van der Waals surface area (Å²) in [4.78, 5) is 38.6. The largest absolute Gasteiger partial charge is 0.467 e. The van der Waals surface area contributed by atoms with Gasteiger partial charge in [0.2, 0.25) is 5.91 Å². The lowest BCUT2D eigenvalue weighted by molar-refractivity contribution is -0.121. The first kappa shape index (κ1) is 19.7. The minimum atomic E-state index is -0.854. The van der Waals surface area contributed by atoms with E-state index in [4.69, 9.17) is 16.0 Å². The number of halogens is 2. The number of hydrogen-bond acceptors (Lipinski definition) is 4. The molecule has 2 aromatic heterocycles. The van der Waals surface area contributed by atoms with Gasteiger partial charge in [0.05, 0.1) is 29.4 Å². The molecule has 1 amide bonds. The monoisotopic (exact) mass is 427 g/mol. The van der Waals surface area contributed by atoms with Gasteiger partial charge in [-0.15, -0.1) is 0 Å². The third-order valence-corrected chi connectivity index (χ3v) is 4.78. The van der Waals surface area contributed by atoms with E-state index in [1.54, 1.807) is 12.1 Å². The standard InChI is InChI=1S/C21H15ClFN3O4/c22-13-7-8-15-18(10-13)25(12-19(27)24-11-14-4-3-9-30-14)21(29)26(20(15)28)17-6-2-1-5-16(17)23/h1-10H,11-12H2,(H,24,27). The van der Waals surface area contributed by atoms with Gasteiger partial charge in [0.15, 0.2) is 0 Å². The second-order valence-corrected chi connectivity index (χ2v) is 6.91. The number of nitrogens with zero attached hydrogens (tertiary/aromatic N) is 2. The summed E-state index contributed by atoms with van der Waals surface area (Å²) in [6.07, 6.45) is 1.48. The topological polar surface area (TPSA) is 86.2 Å². The highest BCUT2D eigenvalue weighted by molar-refractivity contribution is 6.31. The third-order valence-electron chi connectivity index (χ3n) is 4.54. The van der Waals surface area contributed by atoms with E-state index < -0.39 is 29.5 Å². The highest BCUT2D eigenvalue weighted by Crippen LogP contribution is 2.17. The van der Waals surface area contributed by atoms with E-state index >= 15 is 0 Å². The highest BCUT2D eigenvalue weighted by atomic mass is 35.5. The fourth-order valence-electron chi connectivity index (χ4n) is 3.14. The molecule has 9 heteroatoms. The Hall–Kier alpha value is -3.65. The minimum absolute atomic E-state index is 0.126. The fourth-order valence-corrected chi connectivity index (χ4v) is 3.30. The van der Waals surface area contributed by atoms with Crippen molar-refractivity contribution in [2.45, 2.75) is 13.1 Å². The second-order valence-electron chi connectivity index (χ2n) is 6.48. The maximum Gasteiger partial charge on any atom is 0.336 e. The normalized spacial score (nSPS) is 11.0. The van der Waals surface area contributed by atoms with Crippen LogP contribution in [0.15, 0.2) is 74.9 Å². The number of hydrogen-bond donors (Lipinski definition) is 1. The summed E-state index contributed by atoms with van der Waals surface area (Å²) in [7, 11) is 0. The number of furan rings is 1. The van der Waals surface area contributed by atoms with E-state index in [0.29, 0.717) is 10.3 Å². The Bertz CT molecular complexity index is 1360. The summed E-state index contributed by atoms with van der Waals surface area (Å²) in [6.45, 7) is -0.267. The third kappa shape index (κ3) is 3.65. The molecule has 0 saturated heterocycles. The SMILES string of the molecule is O=C(Cn1c(=O)n(-c2ccccc2F)c(=O)c2ccc(Cl)cc21)NCc1ccco1. The van der Waals surface area contributed by atoms with Crippen LogP contribution in [0.4, 0.5) is 4.39 Å². The number of nitrogens with one attached hydrogen (secondary N) is 1. The molecule has 0 aliphatic rings. The summed E-state index contributed by atoms with van der Waals surface area (Å²) in [5.41, 5.74) is -1.58. The molecule has 0 aliphatic heterocycles. The van der Waals surface area contributed by atoms with Gasteiger partial charge in [-0.3, -0.25) is 14.2 Å². The first-order valence-corrected chi connectivity index (χ1v) is 9.32. The first-order valence-electron chi connectivity index (χ1n) is 8.95. The Labute approximate surface area is 173 Å². The summed E-state index contributed by atoms with van der Waals surface area (Å²) in [5, 5.41) is 3.05. The summed E-state index contributed by atoms with van der Waals surface area (Å²) < 4.78 is 21.3. The van der Waals surface area contributed by atoms with Crippen LogP contribution >= 0.6 is 11.6 Å². The van der Waals surface area contributed by atoms with Crippen molar-refractivity contribution >= 4 is 28.4 Å². The number of carbonyl (C=O) groups is 1. The number of benzene rings is 2. The Morgan fingerprint density at radius 2 is 1.90 bits per heavy atom. The summed E-state index contributed by atoms with van der Waals surface area (Å²) in [5.74, 6) is -0.688. The molecule has 30 heavy (non-hydrogen) atoms. The van der Waals surface area contributed by atoms with Crippen molar-refractivity contribution < 1.29 is 13.6 Å². The van der Waals surface area contributed by atoms with Gasteiger partial charge < -0.3 is 9.73 Å². The van der Waals surface area contributed by atoms with Gasteiger partial charge in [-0.05, 0) is 42.5 Å². The fraction of sp³-hybridized carbons (Fsp3) is 0.0952. The van der Waals surface area contributed by atoms with Gasteiger partial charge in [-0.1, -0.05) is 23.7 Å². The molecular formula is C21H15ClFN3O4. The Kier molecular flexibility index (Phi) is 5.24. The van der Waals surface area contributed by atoms with Gasteiger partial charge >= 0.3 is 5.69 Å². The maximum atomic E-state index is 14.4. The summed E-state index contributed by atoms with van der Waals surface area (Å²) >= 11 is 6.05. The Balaban J connectivity index is 1.84. The zero-order valence-corrected chi connectivity index (χ0v) is 16.2. The van der Waals surface area contributed by atoms with Gasteiger partial charge in [0, 0.05) is 5.02 Å². The molecule has 0 aliphatic carbocycles. The number of amides is 1. The molecule has 2 heterocycles. The smallest absolute Gasteiger partial charge is 0.336 e. The van der Waals surface area contributed by atoms with E-state index in [0.717, 1.165) is 10.6 Å². The van der Waals surface area contributed by atoms with Crippen LogP contribution in [0.2, 0.25) is 5.02 Å². The Morgan fingerprint density at radius 3 is 2.63 bits per heavy atom. The van der Waals surface area contributed by atoms with Crippen molar-refractivity contribution in [2.24, 2.45) is 0 Å². The number of para-hydroxylation sites is 1. The van der Waals surface area contributed by atoms with Crippen LogP contribution in [-0.2, 0) is 17.9 Å². The van der Waals surface area contributed by atoms with Crippen molar-refractivity contribution in [3.8, 4) is 5.69 Å². The van der Waals surface area contributed by atoms with Crippen molar-refractivity contribution in [3.63, 3.8) is 0 Å². The molecule has 152 valence electrons. The van der Waals surface area contributed by atoms with Crippen LogP contribution in [0, 0.1) is 5.82 Å². The number of aromatic nitrogens is 2. The molecule has 0 bridgehead atoms. The molecule has 7 nitrogen and oxygen atoms in total. The Morgan fingerprint density at radius 1 is 1.10 bits per heavy atom. The van der Waals surface area contributed by atoms with E-state index in [1.165, 1.54) is 42.7 Å². The predicted octanol–water partition coefficient (Wildman–Crippen LogP) is 2.85. The molecule has 1 N–H and O–H groups in total. The lowest BCUT2D eigenvalue weighted by Gasteiger charge is -2.14. The van der Waals surface area contributed by atoms with Crippen molar-refractivity contribution in [1.82, 2.24) is 14.5 Å².